The van der Waals surface area contributed by atoms with Gasteiger partial charge in [0.15, 0.2) is 5.78 Å². The van der Waals surface area contributed by atoms with E-state index in [1.54, 1.807) is 0 Å². The molecule has 1 fully saturated rings. The quantitative estimate of drug-likeness (QED) is 0.449. The lowest BCUT2D eigenvalue weighted by molar-refractivity contribution is -0.120. The van der Waals surface area contributed by atoms with Crippen molar-refractivity contribution in [1.82, 2.24) is 0 Å². The molecule has 2 rings (SSSR count). The molecule has 2 aliphatic rings. The summed E-state index contributed by atoms with van der Waals surface area (Å²) < 4.78 is 0. The van der Waals surface area contributed by atoms with Crippen molar-refractivity contribution in [2.24, 2.45) is 23.7 Å². The Balaban J connectivity index is 2.23. The molecule has 0 aromatic heterocycles. The summed E-state index contributed by atoms with van der Waals surface area (Å²) in [5.74, 6) is 2.17. The summed E-state index contributed by atoms with van der Waals surface area (Å²) in [7, 11) is 0. The van der Waals surface area contributed by atoms with Crippen LogP contribution < -0.4 is 0 Å². The Kier molecular flexibility index (Phi) is 1.67. The highest BCUT2D eigenvalue weighted by molar-refractivity contribution is 5.92. The minimum atomic E-state index is 0.234. The van der Waals surface area contributed by atoms with Crippen LogP contribution in [0.2, 0.25) is 0 Å². The predicted octanol–water partition coefficient (Wildman–Crippen LogP) is 2.20. The van der Waals surface area contributed by atoms with Gasteiger partial charge in [0, 0.05) is 5.92 Å². The Morgan fingerprint density at radius 2 is 2.17 bits per heavy atom. The summed E-state index contributed by atoms with van der Waals surface area (Å²) in [5, 5.41) is 0. The minimum absolute atomic E-state index is 0.234. The molecule has 0 N–H and O–H groups in total. The highest BCUT2D eigenvalue weighted by Crippen LogP contribution is 2.47. The maximum Gasteiger partial charge on any atom is 0.159 e. The standard InChI is InChI=1S/C11H14O/c1-3-10(12)11-7(2)8-4-5-9(11)6-8/h3-5,7-9,11H,1,6H2,2H3/t7-,8+,9-,11+/m0/s1. The van der Waals surface area contributed by atoms with Crippen molar-refractivity contribution in [1.29, 1.82) is 0 Å². The van der Waals surface area contributed by atoms with Gasteiger partial charge in [0.1, 0.15) is 0 Å². The number of hydrogen-bond donors (Lipinski definition) is 0. The molecule has 0 unspecified atom stereocenters. The van der Waals surface area contributed by atoms with Gasteiger partial charge in [0.05, 0.1) is 0 Å². The van der Waals surface area contributed by atoms with Gasteiger partial charge in [0.25, 0.3) is 0 Å². The van der Waals surface area contributed by atoms with E-state index in [9.17, 15) is 4.79 Å². The van der Waals surface area contributed by atoms with Gasteiger partial charge in [-0.25, -0.2) is 0 Å². The largest absolute Gasteiger partial charge is 0.295 e. The van der Waals surface area contributed by atoms with Crippen molar-refractivity contribution in [2.75, 3.05) is 0 Å². The van der Waals surface area contributed by atoms with E-state index in [4.69, 9.17) is 0 Å². The van der Waals surface area contributed by atoms with E-state index < -0.39 is 0 Å². The topological polar surface area (TPSA) is 17.1 Å². The van der Waals surface area contributed by atoms with Crippen molar-refractivity contribution in [3.8, 4) is 0 Å². The molecule has 4 atom stereocenters. The highest BCUT2D eigenvalue weighted by atomic mass is 16.1. The maximum atomic E-state index is 11.5. The van der Waals surface area contributed by atoms with Crippen LogP contribution in [0.25, 0.3) is 0 Å². The molecule has 2 bridgehead atoms. The van der Waals surface area contributed by atoms with Crippen molar-refractivity contribution in [3.05, 3.63) is 24.8 Å². The van der Waals surface area contributed by atoms with Crippen LogP contribution in [0.15, 0.2) is 24.8 Å². The summed E-state index contributed by atoms with van der Waals surface area (Å²) >= 11 is 0. The summed E-state index contributed by atoms with van der Waals surface area (Å²) in [4.78, 5) is 11.5. The van der Waals surface area contributed by atoms with Crippen LogP contribution in [0.1, 0.15) is 13.3 Å². The molecule has 0 aliphatic heterocycles. The minimum Gasteiger partial charge on any atom is -0.295 e. The molecule has 0 aromatic rings. The average Bonchev–Trinajstić information content (AvgIpc) is 2.63. The van der Waals surface area contributed by atoms with Crippen molar-refractivity contribution in [3.63, 3.8) is 0 Å². The third kappa shape index (κ3) is 0.889. The molecule has 0 saturated heterocycles. The van der Waals surface area contributed by atoms with Gasteiger partial charge >= 0.3 is 0 Å². The molecule has 2 aliphatic carbocycles. The lowest BCUT2D eigenvalue weighted by Gasteiger charge is -2.21. The lowest BCUT2D eigenvalue weighted by Crippen LogP contribution is -2.24. The van der Waals surface area contributed by atoms with Crippen LogP contribution in [0, 0.1) is 23.7 Å². The Bertz CT molecular complexity index is 252. The number of fused-ring (bicyclic) bond motifs is 2. The number of allylic oxidation sites excluding steroid dienone is 3. The number of rotatable bonds is 2. The van der Waals surface area contributed by atoms with Gasteiger partial charge < -0.3 is 0 Å². The molecule has 12 heavy (non-hydrogen) atoms. The smallest absolute Gasteiger partial charge is 0.159 e. The van der Waals surface area contributed by atoms with E-state index in [-0.39, 0.29) is 11.7 Å². The molecule has 0 heterocycles. The van der Waals surface area contributed by atoms with Gasteiger partial charge in [0.2, 0.25) is 0 Å². The van der Waals surface area contributed by atoms with Crippen LogP contribution >= 0.6 is 0 Å². The molecule has 1 heteroatoms. The van der Waals surface area contributed by atoms with Crippen LogP contribution in [-0.2, 0) is 4.79 Å². The maximum absolute atomic E-state index is 11.5. The van der Waals surface area contributed by atoms with E-state index in [2.05, 4.69) is 25.7 Å². The number of carbonyl (C=O) groups is 1. The van der Waals surface area contributed by atoms with E-state index >= 15 is 0 Å². The zero-order valence-electron chi connectivity index (χ0n) is 7.36. The van der Waals surface area contributed by atoms with E-state index in [1.165, 1.54) is 12.5 Å². The molecule has 1 nitrogen and oxygen atoms in total. The zero-order chi connectivity index (χ0) is 8.72. The van der Waals surface area contributed by atoms with Crippen molar-refractivity contribution >= 4 is 5.78 Å². The van der Waals surface area contributed by atoms with Crippen LogP contribution in [0.4, 0.5) is 0 Å². The van der Waals surface area contributed by atoms with Crippen LogP contribution in [0.3, 0.4) is 0 Å². The van der Waals surface area contributed by atoms with Crippen molar-refractivity contribution < 1.29 is 4.79 Å². The van der Waals surface area contributed by atoms with E-state index in [0.717, 1.165) is 0 Å². The van der Waals surface area contributed by atoms with Crippen LogP contribution in [0.5, 0.6) is 0 Å². The SMILES string of the molecule is C=CC(=O)[C@@H]1[C@@H](C)[C@@H]2C=C[C@H]1C2. The Morgan fingerprint density at radius 1 is 1.50 bits per heavy atom. The van der Waals surface area contributed by atoms with E-state index in [1.807, 2.05) is 0 Å². The molecule has 0 aromatic carbocycles. The van der Waals surface area contributed by atoms with Crippen molar-refractivity contribution in [2.45, 2.75) is 13.3 Å². The third-order valence-corrected chi connectivity index (χ3v) is 3.38. The van der Waals surface area contributed by atoms with Gasteiger partial charge in [-0.2, -0.15) is 0 Å². The second kappa shape index (κ2) is 2.58. The number of carbonyl (C=O) groups excluding carboxylic acids is 1. The normalized spacial score (nSPS) is 43.4. The third-order valence-electron chi connectivity index (χ3n) is 3.38. The fourth-order valence-corrected chi connectivity index (χ4v) is 2.68. The molecular weight excluding hydrogens is 148 g/mol. The summed E-state index contributed by atoms with van der Waals surface area (Å²) in [6.07, 6.45) is 7.14. The predicted molar refractivity (Wildman–Crippen MR) is 48.6 cm³/mol. The average molecular weight is 162 g/mol. The Labute approximate surface area is 73.2 Å². The number of hydrogen-bond acceptors (Lipinski definition) is 1. The molecule has 0 amide bonds. The second-order valence-corrected chi connectivity index (χ2v) is 3.94. The number of ketones is 1. The fraction of sp³-hybridized carbons (Fsp3) is 0.545. The first-order valence-corrected chi connectivity index (χ1v) is 4.58. The van der Waals surface area contributed by atoms with E-state index in [0.29, 0.717) is 17.8 Å². The van der Waals surface area contributed by atoms with Crippen LogP contribution in [-0.4, -0.2) is 5.78 Å². The summed E-state index contributed by atoms with van der Waals surface area (Å²) in [6, 6.07) is 0. The summed E-state index contributed by atoms with van der Waals surface area (Å²) in [5.41, 5.74) is 0. The molecule has 0 spiro atoms. The van der Waals surface area contributed by atoms with Gasteiger partial charge in [-0.15, -0.1) is 0 Å². The van der Waals surface area contributed by atoms with Gasteiger partial charge in [-0.1, -0.05) is 25.7 Å². The summed E-state index contributed by atoms with van der Waals surface area (Å²) in [6.45, 7) is 5.73. The first-order valence-electron chi connectivity index (χ1n) is 4.58. The molecule has 1 saturated carbocycles. The first kappa shape index (κ1) is 7.78. The second-order valence-electron chi connectivity index (χ2n) is 3.94. The molecule has 0 radical (unpaired) electrons. The lowest BCUT2D eigenvalue weighted by atomic mass is 9.81. The monoisotopic (exact) mass is 162 g/mol. The zero-order valence-corrected chi connectivity index (χ0v) is 7.36. The van der Waals surface area contributed by atoms with Gasteiger partial charge in [-0.05, 0) is 30.3 Å². The fourth-order valence-electron chi connectivity index (χ4n) is 2.68. The Morgan fingerprint density at radius 3 is 2.67 bits per heavy atom. The van der Waals surface area contributed by atoms with Gasteiger partial charge in [-0.3, -0.25) is 4.79 Å². The Hall–Kier alpha value is -0.850. The molecule has 64 valence electrons. The first-order chi connectivity index (χ1) is 5.74. The molecular formula is C11H14O. The highest BCUT2D eigenvalue weighted by Gasteiger charge is 2.44.